The summed E-state index contributed by atoms with van der Waals surface area (Å²) in [6, 6.07) is 24.9. The molecule has 0 spiro atoms. The first-order valence-electron chi connectivity index (χ1n) is 13.9. The van der Waals surface area contributed by atoms with Crippen LogP contribution in [0.3, 0.4) is 0 Å². The van der Waals surface area contributed by atoms with Gasteiger partial charge in [-0.3, -0.25) is 4.79 Å². The predicted molar refractivity (Wildman–Crippen MR) is 158 cm³/mol. The van der Waals surface area contributed by atoms with Gasteiger partial charge in [0.05, 0.1) is 26.2 Å². The number of methoxy groups -OCH3 is 2. The lowest BCUT2D eigenvalue weighted by molar-refractivity contribution is -0.174. The van der Waals surface area contributed by atoms with Crippen LogP contribution in [-0.4, -0.2) is 55.2 Å². The van der Waals surface area contributed by atoms with Crippen molar-refractivity contribution < 1.29 is 28.5 Å². The molecule has 0 bridgehead atoms. The summed E-state index contributed by atoms with van der Waals surface area (Å²) in [6.07, 6.45) is -0.166. The van der Waals surface area contributed by atoms with Crippen molar-refractivity contribution in [3.63, 3.8) is 0 Å². The second-order valence-electron chi connectivity index (χ2n) is 10.5. The number of benzene rings is 3. The maximum atomic E-state index is 13.8. The zero-order valence-corrected chi connectivity index (χ0v) is 24.8. The van der Waals surface area contributed by atoms with Crippen LogP contribution in [0, 0.1) is 11.8 Å². The van der Waals surface area contributed by atoms with E-state index in [4.69, 9.17) is 30.5 Å². The van der Waals surface area contributed by atoms with E-state index >= 15 is 0 Å². The van der Waals surface area contributed by atoms with Crippen molar-refractivity contribution in [1.82, 2.24) is 4.90 Å². The third-order valence-corrected chi connectivity index (χ3v) is 8.18. The molecule has 4 atom stereocenters. The fourth-order valence-electron chi connectivity index (χ4n) is 5.49. The maximum Gasteiger partial charge on any atom is 0.508 e. The fraction of sp³-hybridized carbons (Fsp3) is 0.394. The first-order chi connectivity index (χ1) is 19.8. The van der Waals surface area contributed by atoms with Crippen molar-refractivity contribution in [2.24, 2.45) is 11.8 Å². The number of halogens is 1. The Bertz CT molecular complexity index is 1220. The fourth-order valence-corrected chi connectivity index (χ4v) is 5.67. The van der Waals surface area contributed by atoms with Crippen LogP contribution in [0.2, 0.25) is 0 Å². The Labute approximate surface area is 247 Å². The van der Waals surface area contributed by atoms with Crippen LogP contribution >= 0.6 is 11.6 Å². The minimum absolute atomic E-state index is 0.0139. The summed E-state index contributed by atoms with van der Waals surface area (Å²) < 4.78 is 21.6. The number of hydrogen-bond donors (Lipinski definition) is 0. The van der Waals surface area contributed by atoms with E-state index < -0.39 is 18.2 Å². The van der Waals surface area contributed by atoms with Crippen molar-refractivity contribution in [3.05, 3.63) is 95.6 Å². The van der Waals surface area contributed by atoms with E-state index in [9.17, 15) is 9.59 Å². The van der Waals surface area contributed by atoms with E-state index in [0.717, 1.165) is 28.2 Å². The Kier molecular flexibility index (Phi) is 10.5. The molecule has 1 fully saturated rings. The number of carbonyl (C=O) groups excluding carboxylic acids is 2. The van der Waals surface area contributed by atoms with Crippen molar-refractivity contribution in [3.8, 4) is 11.5 Å². The normalized spacial score (nSPS) is 17.9. The van der Waals surface area contributed by atoms with Crippen LogP contribution in [-0.2, 0) is 33.7 Å². The minimum Gasteiger partial charge on any atom is -0.497 e. The molecule has 0 N–H and O–H groups in total. The van der Waals surface area contributed by atoms with Crippen LogP contribution in [0.4, 0.5) is 4.79 Å². The van der Waals surface area contributed by atoms with E-state index in [-0.39, 0.29) is 30.5 Å². The summed E-state index contributed by atoms with van der Waals surface area (Å²) in [4.78, 5) is 28.3. The second kappa shape index (κ2) is 14.3. The Morgan fingerprint density at radius 1 is 0.829 bits per heavy atom. The van der Waals surface area contributed by atoms with Gasteiger partial charge < -0.3 is 23.8 Å². The van der Waals surface area contributed by atoms with Crippen molar-refractivity contribution in [2.45, 2.75) is 51.5 Å². The summed E-state index contributed by atoms with van der Waals surface area (Å²) in [5.41, 5.74) is 3.04. The van der Waals surface area contributed by atoms with Crippen LogP contribution < -0.4 is 9.47 Å². The lowest BCUT2D eigenvalue weighted by atomic mass is 9.74. The highest BCUT2D eigenvalue weighted by Gasteiger charge is 2.55. The molecule has 0 aliphatic carbocycles. The highest BCUT2D eigenvalue weighted by molar-refractivity contribution is 6.18. The van der Waals surface area contributed by atoms with Gasteiger partial charge in [-0.1, -0.05) is 61.5 Å². The third kappa shape index (κ3) is 7.53. The first kappa shape index (κ1) is 30.3. The molecule has 1 aliphatic rings. The maximum absolute atomic E-state index is 13.8. The SMILES string of the molecule is COc1ccc(CC(Cc2ccc(OC)cc2)N2C(=O)[C@H]([C@@H](C)OC(=O)OCc3ccccc3)[C@H]2C(C)CCl)cc1. The average molecular weight is 580 g/mol. The largest absolute Gasteiger partial charge is 0.508 e. The van der Waals surface area contributed by atoms with Gasteiger partial charge in [-0.05, 0) is 66.6 Å². The third-order valence-electron chi connectivity index (χ3n) is 7.70. The molecule has 0 saturated carbocycles. The highest BCUT2D eigenvalue weighted by atomic mass is 35.5. The molecule has 4 rings (SSSR count). The average Bonchev–Trinajstić information content (AvgIpc) is 2.99. The van der Waals surface area contributed by atoms with Gasteiger partial charge in [-0.15, -0.1) is 11.6 Å². The van der Waals surface area contributed by atoms with Crippen LogP contribution in [0.1, 0.15) is 30.5 Å². The van der Waals surface area contributed by atoms with E-state index in [1.807, 2.05) is 90.7 Å². The van der Waals surface area contributed by atoms with Crippen molar-refractivity contribution >= 4 is 23.7 Å². The molecule has 7 nitrogen and oxygen atoms in total. The molecule has 3 aromatic rings. The number of rotatable bonds is 13. The number of β-lactam (4-membered cyclic amide) rings is 1. The standard InChI is InChI=1S/C33H38ClNO6/c1-22(20-34)31-30(23(2)41-33(37)40-21-26-8-6-5-7-9-26)32(36)35(31)27(18-24-10-14-28(38-3)15-11-24)19-25-12-16-29(39-4)17-13-25/h5-17,22-23,27,30-31H,18-21H2,1-4H3/t22?,23-,30-,31-/m1/s1. The van der Waals surface area contributed by atoms with Gasteiger partial charge in [0.25, 0.3) is 0 Å². The summed E-state index contributed by atoms with van der Waals surface area (Å²) >= 11 is 6.36. The Morgan fingerprint density at radius 3 is 1.85 bits per heavy atom. The van der Waals surface area contributed by atoms with Gasteiger partial charge in [-0.2, -0.15) is 0 Å². The number of carbonyl (C=O) groups is 2. The molecule has 8 heteroatoms. The number of nitrogens with zero attached hydrogens (tertiary/aromatic N) is 1. The first-order valence-corrected chi connectivity index (χ1v) is 14.4. The smallest absolute Gasteiger partial charge is 0.497 e. The molecule has 1 aliphatic heterocycles. The summed E-state index contributed by atoms with van der Waals surface area (Å²) in [5, 5.41) is 0. The number of amides is 1. The van der Waals surface area contributed by atoms with Gasteiger partial charge in [-0.25, -0.2) is 4.79 Å². The van der Waals surface area contributed by atoms with Gasteiger partial charge in [0.15, 0.2) is 0 Å². The number of likely N-dealkylation sites (tertiary alicyclic amines) is 1. The number of ether oxygens (including phenoxy) is 4. The highest BCUT2D eigenvalue weighted by Crippen LogP contribution is 2.39. The van der Waals surface area contributed by atoms with Crippen molar-refractivity contribution in [2.75, 3.05) is 20.1 Å². The quantitative estimate of drug-likeness (QED) is 0.134. The molecule has 1 amide bonds. The molecule has 218 valence electrons. The topological polar surface area (TPSA) is 74.3 Å². The van der Waals surface area contributed by atoms with E-state index in [0.29, 0.717) is 18.7 Å². The van der Waals surface area contributed by atoms with Gasteiger partial charge >= 0.3 is 6.16 Å². The lowest BCUT2D eigenvalue weighted by Gasteiger charge is -2.54. The van der Waals surface area contributed by atoms with Crippen molar-refractivity contribution in [1.29, 1.82) is 0 Å². The monoisotopic (exact) mass is 579 g/mol. The molecule has 0 radical (unpaired) electrons. The van der Waals surface area contributed by atoms with Gasteiger partial charge in [0.1, 0.15) is 24.2 Å². The van der Waals surface area contributed by atoms with Crippen LogP contribution in [0.25, 0.3) is 0 Å². The number of alkyl halides is 1. The minimum atomic E-state index is -0.794. The van der Waals surface area contributed by atoms with E-state index in [2.05, 4.69) is 0 Å². The number of hydrogen-bond acceptors (Lipinski definition) is 6. The Morgan fingerprint density at radius 2 is 1.37 bits per heavy atom. The molecule has 1 heterocycles. The van der Waals surface area contributed by atoms with Crippen LogP contribution in [0.15, 0.2) is 78.9 Å². The van der Waals surface area contributed by atoms with E-state index in [1.165, 1.54) is 0 Å². The molecule has 1 saturated heterocycles. The molecule has 0 aromatic heterocycles. The lowest BCUT2D eigenvalue weighted by Crippen LogP contribution is -2.70. The zero-order chi connectivity index (χ0) is 29.4. The molecular weight excluding hydrogens is 542 g/mol. The Balaban J connectivity index is 1.52. The van der Waals surface area contributed by atoms with E-state index in [1.54, 1.807) is 21.1 Å². The van der Waals surface area contributed by atoms with Crippen LogP contribution in [0.5, 0.6) is 11.5 Å². The zero-order valence-electron chi connectivity index (χ0n) is 24.0. The second-order valence-corrected chi connectivity index (χ2v) is 10.8. The Hall–Kier alpha value is -3.71. The molecular formula is C33H38ClNO6. The molecule has 3 aromatic carbocycles. The summed E-state index contributed by atoms with van der Waals surface area (Å²) in [6.45, 7) is 3.88. The summed E-state index contributed by atoms with van der Waals surface area (Å²) in [5.74, 6) is 1.34. The molecule has 1 unspecified atom stereocenters. The predicted octanol–water partition coefficient (Wildman–Crippen LogP) is 6.30. The molecule has 41 heavy (non-hydrogen) atoms. The van der Waals surface area contributed by atoms with Gasteiger partial charge in [0, 0.05) is 11.9 Å². The van der Waals surface area contributed by atoms with Gasteiger partial charge in [0.2, 0.25) is 5.91 Å². The summed E-state index contributed by atoms with van der Waals surface area (Å²) in [7, 11) is 3.28.